The van der Waals surface area contributed by atoms with Crippen molar-refractivity contribution >= 4 is 0 Å². The summed E-state index contributed by atoms with van der Waals surface area (Å²) in [5.41, 5.74) is 1.59. The minimum Gasteiger partial charge on any atom is -0.300 e. The Morgan fingerprint density at radius 1 is 0.677 bits per heavy atom. The molecule has 0 aromatic carbocycles. The fraction of sp³-hybridized carbons (Fsp3) is 1.00. The Hall–Kier alpha value is -0.120. The molecule has 31 heavy (non-hydrogen) atoms. The quantitative estimate of drug-likeness (QED) is 0.574. The predicted molar refractivity (Wildman–Crippen MR) is 131 cm³/mol. The zero-order chi connectivity index (χ0) is 22.0. The van der Waals surface area contributed by atoms with Crippen molar-refractivity contribution in [2.75, 3.05) is 39.3 Å². The predicted octanol–water partition coefficient (Wildman–Crippen LogP) is 5.50. The Bertz CT molecular complexity index is 606. The first-order valence-electron chi connectivity index (χ1n) is 13.8. The Labute approximate surface area is 193 Å². The molecule has 0 amide bonds. The van der Waals surface area contributed by atoms with E-state index in [0.29, 0.717) is 11.0 Å². The minimum atomic E-state index is 0.347. The first-order chi connectivity index (χ1) is 14.5. The second-order valence-corrected chi connectivity index (χ2v) is 14.5. The van der Waals surface area contributed by atoms with E-state index in [1.165, 1.54) is 90.6 Å². The topological polar surface area (TPSA) is 9.72 Å². The van der Waals surface area contributed by atoms with Gasteiger partial charge in [-0.1, -0.05) is 20.8 Å². The molecular formula is C28H51N3. The van der Waals surface area contributed by atoms with Gasteiger partial charge in [-0.2, -0.15) is 0 Å². The molecule has 3 heterocycles. The van der Waals surface area contributed by atoms with Crippen molar-refractivity contribution in [2.24, 2.45) is 28.6 Å². The third kappa shape index (κ3) is 4.50. The standard InChI is InChI=1S/C28H51N3/c1-26(2,3)23-15-21-19-30(20-22(21)16-23)25-17-28(18-25)9-13-29(14-10-28)24-7-11-31(12-8-24)27(4,5)6/h21-25H,7-20H2,1-6H3. The van der Waals surface area contributed by atoms with Gasteiger partial charge in [0.15, 0.2) is 0 Å². The molecule has 3 nitrogen and oxygen atoms in total. The van der Waals surface area contributed by atoms with Crippen molar-refractivity contribution in [1.29, 1.82) is 0 Å². The molecule has 0 bridgehead atoms. The first kappa shape index (κ1) is 22.7. The van der Waals surface area contributed by atoms with Crippen LogP contribution in [-0.2, 0) is 0 Å². The number of nitrogens with zero attached hydrogens (tertiary/aromatic N) is 3. The van der Waals surface area contributed by atoms with Crippen molar-refractivity contribution in [3.63, 3.8) is 0 Å². The molecule has 0 aromatic rings. The molecule has 0 N–H and O–H groups in total. The summed E-state index contributed by atoms with van der Waals surface area (Å²) in [6.45, 7) is 22.7. The fourth-order valence-corrected chi connectivity index (χ4v) is 8.21. The number of fused-ring (bicyclic) bond motifs is 1. The molecule has 3 heteroatoms. The van der Waals surface area contributed by atoms with Crippen LogP contribution >= 0.6 is 0 Å². The Balaban J connectivity index is 1.05. The molecule has 2 atom stereocenters. The Kier molecular flexibility index (Phi) is 5.83. The molecule has 2 unspecified atom stereocenters. The van der Waals surface area contributed by atoms with E-state index in [-0.39, 0.29) is 0 Å². The molecule has 178 valence electrons. The summed E-state index contributed by atoms with van der Waals surface area (Å²) in [5.74, 6) is 3.00. The van der Waals surface area contributed by atoms with Crippen LogP contribution in [0.15, 0.2) is 0 Å². The summed E-state index contributed by atoms with van der Waals surface area (Å²) in [6, 6.07) is 1.79. The Morgan fingerprint density at radius 2 is 1.23 bits per heavy atom. The second-order valence-electron chi connectivity index (χ2n) is 14.5. The number of hydrogen-bond acceptors (Lipinski definition) is 3. The van der Waals surface area contributed by atoms with Gasteiger partial charge in [-0.05, 0) is 114 Å². The van der Waals surface area contributed by atoms with Gasteiger partial charge < -0.3 is 4.90 Å². The van der Waals surface area contributed by atoms with Crippen molar-refractivity contribution in [3.05, 3.63) is 0 Å². The zero-order valence-corrected chi connectivity index (χ0v) is 21.6. The van der Waals surface area contributed by atoms with E-state index < -0.39 is 0 Å². The van der Waals surface area contributed by atoms with Crippen molar-refractivity contribution in [2.45, 2.75) is 111 Å². The lowest BCUT2D eigenvalue weighted by Gasteiger charge is -2.56. The summed E-state index contributed by atoms with van der Waals surface area (Å²) in [4.78, 5) is 8.51. The van der Waals surface area contributed by atoms with Crippen molar-refractivity contribution in [1.82, 2.24) is 14.7 Å². The molecule has 5 aliphatic rings. The van der Waals surface area contributed by atoms with Crippen LogP contribution in [0.3, 0.4) is 0 Å². The maximum absolute atomic E-state index is 2.94. The smallest absolute Gasteiger partial charge is 0.0125 e. The number of piperidine rings is 2. The lowest BCUT2D eigenvalue weighted by Crippen LogP contribution is -2.57. The van der Waals surface area contributed by atoms with Crippen molar-refractivity contribution in [3.8, 4) is 0 Å². The molecule has 2 saturated carbocycles. The highest BCUT2D eigenvalue weighted by molar-refractivity contribution is 5.05. The van der Waals surface area contributed by atoms with Crippen LogP contribution in [0.2, 0.25) is 0 Å². The van der Waals surface area contributed by atoms with Crippen LogP contribution in [0.5, 0.6) is 0 Å². The molecule has 0 radical (unpaired) electrons. The van der Waals surface area contributed by atoms with E-state index >= 15 is 0 Å². The van der Waals surface area contributed by atoms with Crippen LogP contribution < -0.4 is 0 Å². The van der Waals surface area contributed by atoms with Crippen LogP contribution in [0.25, 0.3) is 0 Å². The second kappa shape index (κ2) is 7.98. The van der Waals surface area contributed by atoms with Crippen molar-refractivity contribution < 1.29 is 0 Å². The van der Waals surface area contributed by atoms with Gasteiger partial charge in [0, 0.05) is 43.8 Å². The van der Waals surface area contributed by atoms with E-state index in [9.17, 15) is 0 Å². The molecule has 5 fully saturated rings. The minimum absolute atomic E-state index is 0.347. The lowest BCUT2D eigenvalue weighted by molar-refractivity contribution is -0.0532. The third-order valence-corrected chi connectivity index (χ3v) is 10.6. The normalized spacial score (nSPS) is 36.8. The van der Waals surface area contributed by atoms with Crippen LogP contribution in [0.4, 0.5) is 0 Å². The van der Waals surface area contributed by atoms with Gasteiger partial charge >= 0.3 is 0 Å². The average molecular weight is 430 g/mol. The third-order valence-electron chi connectivity index (χ3n) is 10.6. The highest BCUT2D eigenvalue weighted by Crippen LogP contribution is 2.55. The molecule has 2 aliphatic carbocycles. The maximum Gasteiger partial charge on any atom is 0.0125 e. The maximum atomic E-state index is 2.94. The number of likely N-dealkylation sites (tertiary alicyclic amines) is 3. The number of hydrogen-bond donors (Lipinski definition) is 0. The van der Waals surface area contributed by atoms with Gasteiger partial charge in [-0.15, -0.1) is 0 Å². The summed E-state index contributed by atoms with van der Waals surface area (Å²) in [6.07, 6.45) is 11.8. The van der Waals surface area contributed by atoms with Gasteiger partial charge in [-0.3, -0.25) is 9.80 Å². The monoisotopic (exact) mass is 429 g/mol. The lowest BCUT2D eigenvalue weighted by atomic mass is 9.60. The van der Waals surface area contributed by atoms with Gasteiger partial charge in [0.2, 0.25) is 0 Å². The fourth-order valence-electron chi connectivity index (χ4n) is 8.21. The van der Waals surface area contributed by atoms with E-state index in [4.69, 9.17) is 0 Å². The average Bonchev–Trinajstić information content (AvgIpc) is 3.25. The number of rotatable bonds is 2. The summed E-state index contributed by atoms with van der Waals surface area (Å²) in [5, 5.41) is 0. The molecule has 3 saturated heterocycles. The molecule has 0 aromatic heterocycles. The summed E-state index contributed by atoms with van der Waals surface area (Å²) >= 11 is 0. The largest absolute Gasteiger partial charge is 0.300 e. The summed E-state index contributed by atoms with van der Waals surface area (Å²) in [7, 11) is 0. The molecular weight excluding hydrogens is 378 g/mol. The van der Waals surface area contributed by atoms with E-state index in [1.54, 1.807) is 0 Å². The van der Waals surface area contributed by atoms with Crippen LogP contribution in [0.1, 0.15) is 92.9 Å². The SMILES string of the molecule is CC(C)(C)C1CC2CN(C3CC4(CCN(C5CCN(C(C)(C)C)CC5)CC4)C3)CC2C1. The Morgan fingerprint density at radius 3 is 1.71 bits per heavy atom. The molecule has 3 aliphatic heterocycles. The zero-order valence-electron chi connectivity index (χ0n) is 21.6. The first-order valence-corrected chi connectivity index (χ1v) is 13.8. The molecule has 5 rings (SSSR count). The highest BCUT2D eigenvalue weighted by atomic mass is 15.2. The van der Waals surface area contributed by atoms with Gasteiger partial charge in [0.25, 0.3) is 0 Å². The van der Waals surface area contributed by atoms with E-state index in [2.05, 4.69) is 56.2 Å². The molecule has 1 spiro atoms. The van der Waals surface area contributed by atoms with Gasteiger partial charge in [0.05, 0.1) is 0 Å². The van der Waals surface area contributed by atoms with Gasteiger partial charge in [-0.25, -0.2) is 0 Å². The van der Waals surface area contributed by atoms with Crippen LogP contribution in [0, 0.1) is 28.6 Å². The van der Waals surface area contributed by atoms with E-state index in [0.717, 1.165) is 35.3 Å². The summed E-state index contributed by atoms with van der Waals surface area (Å²) < 4.78 is 0. The van der Waals surface area contributed by atoms with Crippen LogP contribution in [-0.4, -0.2) is 71.6 Å². The van der Waals surface area contributed by atoms with E-state index in [1.807, 2.05) is 0 Å². The highest BCUT2D eigenvalue weighted by Gasteiger charge is 2.52. The van der Waals surface area contributed by atoms with Gasteiger partial charge in [0.1, 0.15) is 0 Å².